The topological polar surface area (TPSA) is 3.24 Å². The molecule has 0 spiro atoms. The van der Waals surface area contributed by atoms with E-state index in [2.05, 4.69) is 170 Å². The first kappa shape index (κ1) is 26.2. The zero-order chi connectivity index (χ0) is 30.1. The van der Waals surface area contributed by atoms with Crippen molar-refractivity contribution in [2.75, 3.05) is 4.90 Å². The maximum absolute atomic E-state index is 2.49. The van der Waals surface area contributed by atoms with Crippen LogP contribution in [0.3, 0.4) is 0 Å². The lowest BCUT2D eigenvalue weighted by atomic mass is 9.82. The quantitative estimate of drug-likeness (QED) is 0.196. The van der Waals surface area contributed by atoms with Gasteiger partial charge in [0.25, 0.3) is 0 Å². The number of thiophene rings is 1. The molecule has 7 aromatic carbocycles. The van der Waals surface area contributed by atoms with Gasteiger partial charge >= 0.3 is 0 Å². The van der Waals surface area contributed by atoms with Gasteiger partial charge in [-0.2, -0.15) is 0 Å². The van der Waals surface area contributed by atoms with Crippen molar-refractivity contribution in [3.63, 3.8) is 0 Å². The molecule has 0 saturated heterocycles. The standard InChI is InChI=1S/C43H31NS/c1-43(2)36-19-8-6-17-33(36)34-24-23-32(27-37(34)43)44(31-16-10-15-30(26-31)28-12-4-3-5-13-28)38-20-11-14-29-22-25-40-42(41(29)38)35-18-7-9-21-39(35)45-40/h3-27H,1-2H3. The van der Waals surface area contributed by atoms with Crippen LogP contribution in [0.4, 0.5) is 17.1 Å². The number of anilines is 3. The van der Waals surface area contributed by atoms with Crippen LogP contribution in [0.15, 0.2) is 152 Å². The monoisotopic (exact) mass is 593 g/mol. The van der Waals surface area contributed by atoms with E-state index < -0.39 is 0 Å². The lowest BCUT2D eigenvalue weighted by Gasteiger charge is -2.29. The van der Waals surface area contributed by atoms with Crippen molar-refractivity contribution in [3.05, 3.63) is 163 Å². The van der Waals surface area contributed by atoms with Gasteiger partial charge in [0.15, 0.2) is 0 Å². The van der Waals surface area contributed by atoms with Crippen LogP contribution in [-0.2, 0) is 5.41 Å². The van der Waals surface area contributed by atoms with Gasteiger partial charge in [0.1, 0.15) is 0 Å². The molecule has 2 heteroatoms. The van der Waals surface area contributed by atoms with Crippen LogP contribution in [0.5, 0.6) is 0 Å². The second-order valence-corrected chi connectivity index (χ2v) is 13.6. The molecule has 0 amide bonds. The summed E-state index contributed by atoms with van der Waals surface area (Å²) >= 11 is 1.88. The van der Waals surface area contributed by atoms with Gasteiger partial charge in [0, 0.05) is 42.3 Å². The van der Waals surface area contributed by atoms with Crippen molar-refractivity contribution in [2.45, 2.75) is 19.3 Å². The molecule has 9 rings (SSSR count). The predicted molar refractivity (Wildman–Crippen MR) is 195 cm³/mol. The molecular weight excluding hydrogens is 563 g/mol. The highest BCUT2D eigenvalue weighted by atomic mass is 32.1. The van der Waals surface area contributed by atoms with Crippen LogP contribution in [-0.4, -0.2) is 0 Å². The average Bonchev–Trinajstić information content (AvgIpc) is 3.58. The molecule has 0 bridgehead atoms. The minimum absolute atomic E-state index is 0.0882. The van der Waals surface area contributed by atoms with Crippen LogP contribution in [0.2, 0.25) is 0 Å². The van der Waals surface area contributed by atoms with E-state index in [1.807, 2.05) is 11.3 Å². The Morgan fingerprint density at radius 2 is 1.22 bits per heavy atom. The van der Waals surface area contributed by atoms with Crippen LogP contribution in [0, 0.1) is 0 Å². The van der Waals surface area contributed by atoms with E-state index in [9.17, 15) is 0 Å². The highest BCUT2D eigenvalue weighted by Gasteiger charge is 2.35. The van der Waals surface area contributed by atoms with Crippen LogP contribution in [0.1, 0.15) is 25.0 Å². The van der Waals surface area contributed by atoms with Crippen molar-refractivity contribution in [1.29, 1.82) is 0 Å². The molecule has 1 nitrogen and oxygen atoms in total. The second-order valence-electron chi connectivity index (χ2n) is 12.6. The minimum atomic E-state index is -0.0882. The van der Waals surface area contributed by atoms with E-state index in [0.29, 0.717) is 0 Å². The van der Waals surface area contributed by atoms with Crippen molar-refractivity contribution in [3.8, 4) is 22.3 Å². The molecule has 0 radical (unpaired) electrons. The maximum atomic E-state index is 2.49. The number of hydrogen-bond acceptors (Lipinski definition) is 2. The molecule has 1 heterocycles. The van der Waals surface area contributed by atoms with Crippen LogP contribution >= 0.6 is 11.3 Å². The molecule has 1 aliphatic carbocycles. The zero-order valence-electron chi connectivity index (χ0n) is 25.3. The summed E-state index contributed by atoms with van der Waals surface area (Å²) in [7, 11) is 0. The summed E-state index contributed by atoms with van der Waals surface area (Å²) in [4.78, 5) is 2.49. The van der Waals surface area contributed by atoms with Gasteiger partial charge in [-0.1, -0.05) is 123 Å². The Kier molecular flexibility index (Phi) is 5.78. The molecule has 214 valence electrons. The van der Waals surface area contributed by atoms with Crippen molar-refractivity contribution in [1.82, 2.24) is 0 Å². The lowest BCUT2D eigenvalue weighted by molar-refractivity contribution is 0.660. The van der Waals surface area contributed by atoms with Gasteiger partial charge in [-0.05, 0) is 81.2 Å². The number of nitrogens with zero attached hydrogens (tertiary/aromatic N) is 1. The summed E-state index contributed by atoms with van der Waals surface area (Å²) in [6.07, 6.45) is 0. The smallest absolute Gasteiger partial charge is 0.0546 e. The number of rotatable bonds is 4. The van der Waals surface area contributed by atoms with E-state index in [4.69, 9.17) is 0 Å². The van der Waals surface area contributed by atoms with Gasteiger partial charge < -0.3 is 4.90 Å². The zero-order valence-corrected chi connectivity index (χ0v) is 26.1. The van der Waals surface area contributed by atoms with Crippen molar-refractivity contribution >= 4 is 59.3 Å². The van der Waals surface area contributed by atoms with Gasteiger partial charge in [-0.25, -0.2) is 0 Å². The highest BCUT2D eigenvalue weighted by Crippen LogP contribution is 2.52. The molecule has 0 atom stereocenters. The van der Waals surface area contributed by atoms with Gasteiger partial charge in [-0.3, -0.25) is 0 Å². The summed E-state index contributed by atoms with van der Waals surface area (Å²) in [5, 5.41) is 5.20. The largest absolute Gasteiger partial charge is 0.310 e. The summed E-state index contributed by atoms with van der Waals surface area (Å²) in [6.45, 7) is 4.72. The summed E-state index contributed by atoms with van der Waals surface area (Å²) < 4.78 is 2.64. The normalized spacial score (nSPS) is 13.3. The fraction of sp³-hybridized carbons (Fsp3) is 0.0698. The third-order valence-electron chi connectivity index (χ3n) is 9.64. The summed E-state index contributed by atoms with van der Waals surface area (Å²) in [6, 6.07) is 55.9. The first-order chi connectivity index (χ1) is 22.1. The van der Waals surface area contributed by atoms with Gasteiger partial charge in [0.2, 0.25) is 0 Å². The Hall–Kier alpha value is -5.18. The molecular formula is C43H31NS. The third kappa shape index (κ3) is 3.99. The summed E-state index contributed by atoms with van der Waals surface area (Å²) in [5.74, 6) is 0. The molecule has 0 unspecified atom stereocenters. The Morgan fingerprint density at radius 3 is 2.13 bits per heavy atom. The molecule has 0 fully saturated rings. The van der Waals surface area contributed by atoms with Crippen molar-refractivity contribution < 1.29 is 0 Å². The van der Waals surface area contributed by atoms with Gasteiger partial charge in [0.05, 0.1) is 5.69 Å². The predicted octanol–water partition coefficient (Wildman–Crippen LogP) is 12.7. The number of benzene rings is 7. The molecule has 0 N–H and O–H groups in total. The highest BCUT2D eigenvalue weighted by molar-refractivity contribution is 7.26. The SMILES string of the molecule is CC1(C)c2ccccc2-c2ccc(N(c3cccc(-c4ccccc4)c3)c3cccc4ccc5sc6ccccc6c5c34)cc21. The molecule has 1 aromatic heterocycles. The van der Waals surface area contributed by atoms with E-state index in [1.165, 1.54) is 75.7 Å². The third-order valence-corrected chi connectivity index (χ3v) is 10.8. The Morgan fingerprint density at radius 1 is 0.489 bits per heavy atom. The molecule has 45 heavy (non-hydrogen) atoms. The Balaban J connectivity index is 1.35. The fourth-order valence-corrected chi connectivity index (χ4v) is 8.59. The van der Waals surface area contributed by atoms with E-state index in [-0.39, 0.29) is 5.41 Å². The second kappa shape index (κ2) is 9.92. The van der Waals surface area contributed by atoms with E-state index >= 15 is 0 Å². The number of hydrogen-bond donors (Lipinski definition) is 0. The Labute approximate surface area is 267 Å². The van der Waals surface area contributed by atoms with Crippen molar-refractivity contribution in [2.24, 2.45) is 0 Å². The maximum Gasteiger partial charge on any atom is 0.0546 e. The lowest BCUT2D eigenvalue weighted by Crippen LogP contribution is -2.16. The number of fused-ring (bicyclic) bond motifs is 8. The first-order valence-electron chi connectivity index (χ1n) is 15.6. The minimum Gasteiger partial charge on any atom is -0.310 e. The van der Waals surface area contributed by atoms with E-state index in [0.717, 1.165) is 5.69 Å². The Bertz CT molecular complexity index is 2410. The molecule has 0 aliphatic heterocycles. The fourth-order valence-electron chi connectivity index (χ4n) is 7.47. The first-order valence-corrected chi connectivity index (χ1v) is 16.4. The summed E-state index contributed by atoms with van der Waals surface area (Å²) in [5.41, 5.74) is 11.3. The van der Waals surface area contributed by atoms with Gasteiger partial charge in [-0.15, -0.1) is 11.3 Å². The van der Waals surface area contributed by atoms with Crippen LogP contribution < -0.4 is 4.90 Å². The molecule has 1 aliphatic rings. The van der Waals surface area contributed by atoms with Crippen LogP contribution in [0.25, 0.3) is 53.2 Å². The van der Waals surface area contributed by atoms with E-state index in [1.54, 1.807) is 0 Å². The molecule has 0 saturated carbocycles. The average molecular weight is 594 g/mol. The molecule has 8 aromatic rings.